The van der Waals surface area contributed by atoms with Crippen LogP contribution < -0.4 is 5.32 Å². The SMILES string of the molecule is CCOCC(C)(NCCOC)c1nc(C)c(C)s1. The van der Waals surface area contributed by atoms with E-state index in [0.29, 0.717) is 19.8 Å². The second kappa shape index (κ2) is 7.19. The van der Waals surface area contributed by atoms with Gasteiger partial charge in [-0.05, 0) is 27.7 Å². The van der Waals surface area contributed by atoms with Gasteiger partial charge in [0.25, 0.3) is 0 Å². The summed E-state index contributed by atoms with van der Waals surface area (Å²) < 4.78 is 10.7. The van der Waals surface area contributed by atoms with Crippen molar-refractivity contribution in [2.75, 3.05) is 33.5 Å². The number of nitrogens with zero attached hydrogens (tertiary/aromatic N) is 1. The highest BCUT2D eigenvalue weighted by molar-refractivity contribution is 7.11. The van der Waals surface area contributed by atoms with Crippen LogP contribution in [-0.4, -0.2) is 38.5 Å². The van der Waals surface area contributed by atoms with Gasteiger partial charge in [0.1, 0.15) is 5.01 Å². The van der Waals surface area contributed by atoms with Crippen molar-refractivity contribution in [2.24, 2.45) is 0 Å². The van der Waals surface area contributed by atoms with E-state index in [9.17, 15) is 0 Å². The van der Waals surface area contributed by atoms with Gasteiger partial charge in [-0.3, -0.25) is 0 Å². The van der Waals surface area contributed by atoms with Gasteiger partial charge in [-0.15, -0.1) is 11.3 Å². The molecule has 1 unspecified atom stereocenters. The van der Waals surface area contributed by atoms with E-state index in [0.717, 1.165) is 17.2 Å². The molecule has 1 atom stereocenters. The third-order valence-corrected chi connectivity index (χ3v) is 4.25. The Bertz CT molecular complexity index is 348. The summed E-state index contributed by atoms with van der Waals surface area (Å²) >= 11 is 1.74. The standard InChI is InChI=1S/C13H24N2O2S/c1-6-17-9-13(4,14-7-8-16-5)12-15-10(2)11(3)18-12/h14H,6-9H2,1-5H3. The molecule has 1 aromatic heterocycles. The molecule has 1 heterocycles. The second-order valence-corrected chi connectivity index (χ2v) is 5.75. The zero-order valence-corrected chi connectivity index (χ0v) is 12.8. The summed E-state index contributed by atoms with van der Waals surface area (Å²) in [6, 6.07) is 0. The molecule has 0 saturated carbocycles. The summed E-state index contributed by atoms with van der Waals surface area (Å²) in [5.74, 6) is 0. The molecule has 0 saturated heterocycles. The maximum absolute atomic E-state index is 5.60. The van der Waals surface area contributed by atoms with E-state index in [1.807, 2.05) is 13.8 Å². The van der Waals surface area contributed by atoms with E-state index in [1.165, 1.54) is 4.88 Å². The van der Waals surface area contributed by atoms with Crippen LogP contribution in [0.2, 0.25) is 0 Å². The fraction of sp³-hybridized carbons (Fsp3) is 0.769. The van der Waals surface area contributed by atoms with Crippen molar-refractivity contribution in [2.45, 2.75) is 33.2 Å². The predicted molar refractivity (Wildman–Crippen MR) is 75.3 cm³/mol. The average Bonchev–Trinajstić information content (AvgIpc) is 2.68. The fourth-order valence-corrected chi connectivity index (χ4v) is 2.65. The van der Waals surface area contributed by atoms with Gasteiger partial charge in [0.2, 0.25) is 0 Å². The van der Waals surface area contributed by atoms with Gasteiger partial charge in [0.15, 0.2) is 0 Å². The number of hydrogen-bond acceptors (Lipinski definition) is 5. The molecule has 104 valence electrons. The van der Waals surface area contributed by atoms with Crippen molar-refractivity contribution in [3.05, 3.63) is 15.6 Å². The number of hydrogen-bond donors (Lipinski definition) is 1. The van der Waals surface area contributed by atoms with Crippen molar-refractivity contribution in [3.63, 3.8) is 0 Å². The lowest BCUT2D eigenvalue weighted by Gasteiger charge is -2.28. The van der Waals surface area contributed by atoms with Gasteiger partial charge >= 0.3 is 0 Å². The van der Waals surface area contributed by atoms with Crippen molar-refractivity contribution in [1.82, 2.24) is 10.3 Å². The Morgan fingerprint density at radius 3 is 2.61 bits per heavy atom. The highest BCUT2D eigenvalue weighted by Crippen LogP contribution is 2.27. The van der Waals surface area contributed by atoms with Gasteiger partial charge < -0.3 is 14.8 Å². The Labute approximate surface area is 114 Å². The van der Waals surface area contributed by atoms with E-state index in [-0.39, 0.29) is 5.54 Å². The van der Waals surface area contributed by atoms with Gasteiger partial charge in [-0.25, -0.2) is 4.98 Å². The Kier molecular flexibility index (Phi) is 6.21. The molecular weight excluding hydrogens is 248 g/mol. The lowest BCUT2D eigenvalue weighted by Crippen LogP contribution is -2.45. The van der Waals surface area contributed by atoms with Crippen molar-refractivity contribution in [3.8, 4) is 0 Å². The molecule has 0 aliphatic heterocycles. The summed E-state index contributed by atoms with van der Waals surface area (Å²) in [7, 11) is 1.71. The summed E-state index contributed by atoms with van der Waals surface area (Å²) in [5, 5.41) is 4.57. The molecule has 1 aromatic rings. The number of rotatable bonds is 8. The Balaban J connectivity index is 2.81. The average molecular weight is 272 g/mol. The van der Waals surface area contributed by atoms with E-state index < -0.39 is 0 Å². The molecule has 4 nitrogen and oxygen atoms in total. The lowest BCUT2D eigenvalue weighted by atomic mass is 10.1. The summed E-state index contributed by atoms with van der Waals surface area (Å²) in [5.41, 5.74) is 0.865. The van der Waals surface area contributed by atoms with Gasteiger partial charge in [-0.2, -0.15) is 0 Å². The molecule has 0 radical (unpaired) electrons. The fourth-order valence-electron chi connectivity index (χ4n) is 1.63. The van der Waals surface area contributed by atoms with Crippen LogP contribution in [0, 0.1) is 13.8 Å². The minimum absolute atomic E-state index is 0.238. The first-order chi connectivity index (χ1) is 8.53. The van der Waals surface area contributed by atoms with Crippen LogP contribution in [0.4, 0.5) is 0 Å². The highest BCUT2D eigenvalue weighted by Gasteiger charge is 2.30. The number of aromatic nitrogens is 1. The van der Waals surface area contributed by atoms with Crippen LogP contribution in [0.25, 0.3) is 0 Å². The minimum atomic E-state index is -0.238. The Morgan fingerprint density at radius 1 is 1.39 bits per heavy atom. The van der Waals surface area contributed by atoms with Crippen LogP contribution in [0.15, 0.2) is 0 Å². The number of nitrogens with one attached hydrogen (secondary N) is 1. The Hall–Kier alpha value is -0.490. The van der Waals surface area contributed by atoms with Gasteiger partial charge in [0, 0.05) is 25.1 Å². The number of ether oxygens (including phenoxy) is 2. The van der Waals surface area contributed by atoms with Crippen molar-refractivity contribution >= 4 is 11.3 Å². The minimum Gasteiger partial charge on any atom is -0.383 e. The highest BCUT2D eigenvalue weighted by atomic mass is 32.1. The molecule has 0 amide bonds. The van der Waals surface area contributed by atoms with E-state index >= 15 is 0 Å². The first kappa shape index (κ1) is 15.6. The van der Waals surface area contributed by atoms with E-state index in [4.69, 9.17) is 9.47 Å². The first-order valence-corrected chi connectivity index (χ1v) is 7.11. The zero-order chi connectivity index (χ0) is 13.6. The second-order valence-electron chi connectivity index (χ2n) is 4.55. The normalized spacial score (nSPS) is 14.7. The Morgan fingerprint density at radius 2 is 2.11 bits per heavy atom. The van der Waals surface area contributed by atoms with Crippen molar-refractivity contribution in [1.29, 1.82) is 0 Å². The molecule has 0 aliphatic carbocycles. The van der Waals surface area contributed by atoms with E-state index in [1.54, 1.807) is 18.4 Å². The van der Waals surface area contributed by atoms with Gasteiger partial charge in [-0.1, -0.05) is 0 Å². The molecular formula is C13H24N2O2S. The van der Waals surface area contributed by atoms with Crippen LogP contribution in [0.1, 0.15) is 29.4 Å². The predicted octanol–water partition coefficient (Wildman–Crippen LogP) is 2.25. The molecule has 0 aliphatic rings. The number of aryl methyl sites for hydroxylation is 2. The summed E-state index contributed by atoms with van der Waals surface area (Å²) in [4.78, 5) is 5.91. The smallest absolute Gasteiger partial charge is 0.115 e. The first-order valence-electron chi connectivity index (χ1n) is 6.29. The van der Waals surface area contributed by atoms with Crippen LogP contribution in [0.3, 0.4) is 0 Å². The van der Waals surface area contributed by atoms with Crippen LogP contribution >= 0.6 is 11.3 Å². The number of thiazole rings is 1. The largest absolute Gasteiger partial charge is 0.383 e. The van der Waals surface area contributed by atoms with Crippen LogP contribution in [0.5, 0.6) is 0 Å². The monoisotopic (exact) mass is 272 g/mol. The van der Waals surface area contributed by atoms with Crippen LogP contribution in [-0.2, 0) is 15.0 Å². The quantitative estimate of drug-likeness (QED) is 0.737. The number of methoxy groups -OCH3 is 1. The molecule has 5 heteroatoms. The maximum Gasteiger partial charge on any atom is 0.115 e. The van der Waals surface area contributed by atoms with Crippen molar-refractivity contribution < 1.29 is 9.47 Å². The zero-order valence-electron chi connectivity index (χ0n) is 12.0. The topological polar surface area (TPSA) is 43.4 Å². The lowest BCUT2D eigenvalue weighted by molar-refractivity contribution is 0.0777. The van der Waals surface area contributed by atoms with E-state index in [2.05, 4.69) is 24.1 Å². The molecule has 1 rings (SSSR count). The maximum atomic E-state index is 5.60. The molecule has 1 N–H and O–H groups in total. The molecule has 0 spiro atoms. The third kappa shape index (κ3) is 4.02. The summed E-state index contributed by atoms with van der Waals surface area (Å²) in [6.07, 6.45) is 0. The molecule has 18 heavy (non-hydrogen) atoms. The molecule has 0 aromatic carbocycles. The van der Waals surface area contributed by atoms with Gasteiger partial charge in [0.05, 0.1) is 24.4 Å². The third-order valence-electron chi connectivity index (χ3n) is 2.92. The summed E-state index contributed by atoms with van der Waals surface area (Å²) in [6.45, 7) is 11.1. The molecule has 0 fully saturated rings. The molecule has 0 bridgehead atoms.